The van der Waals surface area contributed by atoms with Gasteiger partial charge in [0.25, 0.3) is 0 Å². The minimum atomic E-state index is -0.979. The number of carbonyl (C=O) groups excluding carboxylic acids is 5. The fraction of sp³-hybridized carbons (Fsp3) is 0.324. The number of hydrogen-bond donors (Lipinski definition) is 0. The van der Waals surface area contributed by atoms with Crippen molar-refractivity contribution in [2.75, 3.05) is 34.0 Å². The van der Waals surface area contributed by atoms with Crippen LogP contribution in [0.2, 0.25) is 0 Å². The molecule has 0 heterocycles. The summed E-state index contributed by atoms with van der Waals surface area (Å²) in [6, 6.07) is 27.0. The van der Waals surface area contributed by atoms with Crippen molar-refractivity contribution in [3.63, 3.8) is 0 Å². The first-order valence-electron chi connectivity index (χ1n) is 14.1. The zero-order valence-corrected chi connectivity index (χ0v) is 26.0. The van der Waals surface area contributed by atoms with Crippen LogP contribution in [0, 0.1) is 0 Å². The zero-order valence-electron chi connectivity index (χ0n) is 26.0. The quantitative estimate of drug-likeness (QED) is 0.121. The van der Waals surface area contributed by atoms with E-state index in [4.69, 9.17) is 14.2 Å². The predicted molar refractivity (Wildman–Crippen MR) is 165 cm³/mol. The maximum absolute atomic E-state index is 11.3. The topological polar surface area (TPSA) is 132 Å². The molecule has 0 aliphatic rings. The van der Waals surface area contributed by atoms with Crippen molar-refractivity contribution in [3.05, 3.63) is 108 Å². The number of unbranched alkanes of at least 4 members (excludes halogenated alkanes) is 1. The minimum absolute atomic E-state index is 0.228. The average Bonchev–Trinajstić information content (AvgIpc) is 3.08. The lowest BCUT2D eigenvalue weighted by Gasteiger charge is -2.02. The van der Waals surface area contributed by atoms with E-state index in [-0.39, 0.29) is 17.9 Å². The van der Waals surface area contributed by atoms with Crippen LogP contribution in [0.4, 0.5) is 0 Å². The third kappa shape index (κ3) is 18.4. The van der Waals surface area contributed by atoms with Gasteiger partial charge >= 0.3 is 29.8 Å². The second-order valence-corrected chi connectivity index (χ2v) is 8.43. The first kappa shape index (κ1) is 39.0. The Morgan fingerprint density at radius 3 is 1.11 bits per heavy atom. The van der Waals surface area contributed by atoms with Crippen LogP contribution >= 0.6 is 0 Å². The summed E-state index contributed by atoms with van der Waals surface area (Å²) >= 11 is 0. The Bertz CT molecular complexity index is 1200. The number of methoxy groups -OCH3 is 2. The van der Waals surface area contributed by atoms with Gasteiger partial charge in [0.05, 0.1) is 50.7 Å². The van der Waals surface area contributed by atoms with Gasteiger partial charge in [-0.1, -0.05) is 74.9 Å². The molecule has 0 atom stereocenters. The van der Waals surface area contributed by atoms with Gasteiger partial charge in [-0.15, -0.1) is 0 Å². The van der Waals surface area contributed by atoms with Crippen molar-refractivity contribution in [2.45, 2.75) is 40.0 Å². The number of esters is 5. The standard InChI is InChI=1S/C11H14O2.C10H12O2.C9H10O2.C4H6O4/c1-2-3-9-13-11(12)10-7-5-4-6-8-10;1-2-8-12-10(11)9-6-4-3-5-7-9;1-2-11-9(10)8-6-4-3-5-7-8;1-7-3(5)4(6)8-2/h4-8H,2-3,9H2,1H3;3-7H,2,8H2,1H3;3-7H,2H2,1H3;1-2H3. The molecule has 0 aliphatic heterocycles. The van der Waals surface area contributed by atoms with Crippen LogP contribution in [0.5, 0.6) is 0 Å². The second kappa shape index (κ2) is 25.7. The van der Waals surface area contributed by atoms with Crippen LogP contribution in [-0.2, 0) is 33.3 Å². The molecule has 0 saturated heterocycles. The fourth-order valence-electron chi connectivity index (χ4n) is 2.77. The van der Waals surface area contributed by atoms with Crippen molar-refractivity contribution in [1.29, 1.82) is 0 Å². The number of carbonyl (C=O) groups is 5. The molecule has 0 unspecified atom stereocenters. The second-order valence-electron chi connectivity index (χ2n) is 8.43. The smallest absolute Gasteiger partial charge is 0.417 e. The lowest BCUT2D eigenvalue weighted by Crippen LogP contribution is -2.16. The van der Waals surface area contributed by atoms with E-state index in [2.05, 4.69) is 16.4 Å². The highest BCUT2D eigenvalue weighted by Crippen LogP contribution is 2.03. The molecule has 44 heavy (non-hydrogen) atoms. The normalized spacial score (nSPS) is 9.11. The number of benzene rings is 3. The van der Waals surface area contributed by atoms with Crippen molar-refractivity contribution in [3.8, 4) is 0 Å². The third-order valence-electron chi connectivity index (χ3n) is 5.01. The molecular weight excluding hydrogens is 568 g/mol. The van der Waals surface area contributed by atoms with Gasteiger partial charge in [-0.3, -0.25) is 0 Å². The van der Waals surface area contributed by atoms with E-state index < -0.39 is 11.9 Å². The molecule has 0 aliphatic carbocycles. The van der Waals surface area contributed by atoms with Gasteiger partial charge in [0, 0.05) is 0 Å². The minimum Gasteiger partial charge on any atom is -0.462 e. The average molecular weight is 611 g/mol. The molecule has 0 spiro atoms. The largest absolute Gasteiger partial charge is 0.462 e. The number of hydrogen-bond acceptors (Lipinski definition) is 10. The highest BCUT2D eigenvalue weighted by molar-refractivity contribution is 6.29. The Morgan fingerprint density at radius 2 is 0.818 bits per heavy atom. The van der Waals surface area contributed by atoms with Gasteiger partial charge < -0.3 is 23.7 Å². The van der Waals surface area contributed by atoms with Crippen LogP contribution in [-0.4, -0.2) is 63.9 Å². The lowest BCUT2D eigenvalue weighted by atomic mass is 10.2. The van der Waals surface area contributed by atoms with Crippen LogP contribution in [0.15, 0.2) is 91.0 Å². The molecule has 3 aromatic rings. The van der Waals surface area contributed by atoms with Crippen LogP contribution in [0.1, 0.15) is 71.1 Å². The molecule has 0 N–H and O–H groups in total. The molecular formula is C34H42O10. The summed E-state index contributed by atoms with van der Waals surface area (Å²) in [5.41, 5.74) is 1.85. The maximum Gasteiger partial charge on any atom is 0.417 e. The van der Waals surface area contributed by atoms with Gasteiger partial charge in [-0.25, -0.2) is 24.0 Å². The van der Waals surface area contributed by atoms with Crippen molar-refractivity contribution in [2.24, 2.45) is 0 Å². The van der Waals surface area contributed by atoms with Crippen molar-refractivity contribution >= 4 is 29.8 Å². The first-order valence-corrected chi connectivity index (χ1v) is 14.1. The SMILES string of the molecule is CCCCOC(=O)c1ccccc1.CCCOC(=O)c1ccccc1.CCOC(=O)c1ccccc1.COC(=O)C(=O)OC. The van der Waals surface area contributed by atoms with Gasteiger partial charge in [-0.2, -0.15) is 0 Å². The van der Waals surface area contributed by atoms with E-state index in [9.17, 15) is 24.0 Å². The van der Waals surface area contributed by atoms with Crippen LogP contribution < -0.4 is 0 Å². The van der Waals surface area contributed by atoms with Gasteiger partial charge in [0.15, 0.2) is 0 Å². The summed E-state index contributed by atoms with van der Waals surface area (Å²) in [5.74, 6) is -2.68. The fourth-order valence-corrected chi connectivity index (χ4v) is 2.77. The summed E-state index contributed by atoms with van der Waals surface area (Å²) in [7, 11) is 2.22. The Balaban J connectivity index is 0.000000569. The van der Waals surface area contributed by atoms with Crippen LogP contribution in [0.3, 0.4) is 0 Å². The zero-order chi connectivity index (χ0) is 33.0. The van der Waals surface area contributed by atoms with E-state index in [0.29, 0.717) is 36.5 Å². The molecule has 0 aromatic heterocycles. The van der Waals surface area contributed by atoms with Gasteiger partial charge in [0.2, 0.25) is 0 Å². The Labute approximate surface area is 259 Å². The molecule has 0 bridgehead atoms. The Morgan fingerprint density at radius 1 is 0.477 bits per heavy atom. The highest BCUT2D eigenvalue weighted by Gasteiger charge is 2.12. The molecule has 0 amide bonds. The van der Waals surface area contributed by atoms with E-state index in [1.54, 1.807) is 43.3 Å². The van der Waals surface area contributed by atoms with E-state index in [1.165, 1.54) is 0 Å². The Kier molecular flexibility index (Phi) is 22.8. The molecule has 10 nitrogen and oxygen atoms in total. The summed E-state index contributed by atoms with van der Waals surface area (Å²) in [4.78, 5) is 53.6. The number of ether oxygens (including phenoxy) is 5. The van der Waals surface area contributed by atoms with Gasteiger partial charge in [-0.05, 0) is 56.2 Å². The number of rotatable bonds is 9. The molecule has 3 aromatic carbocycles. The van der Waals surface area contributed by atoms with E-state index in [1.807, 2.05) is 61.5 Å². The maximum atomic E-state index is 11.3. The highest BCUT2D eigenvalue weighted by atomic mass is 16.6. The van der Waals surface area contributed by atoms with Crippen molar-refractivity contribution in [1.82, 2.24) is 0 Å². The lowest BCUT2D eigenvalue weighted by molar-refractivity contribution is -0.164. The molecule has 10 heteroatoms. The van der Waals surface area contributed by atoms with Crippen molar-refractivity contribution < 1.29 is 47.7 Å². The summed E-state index contributed by atoms with van der Waals surface area (Å²) in [6.07, 6.45) is 2.83. The molecule has 3 rings (SSSR count). The summed E-state index contributed by atoms with van der Waals surface area (Å²) in [6.45, 7) is 7.27. The molecule has 238 valence electrons. The summed E-state index contributed by atoms with van der Waals surface area (Å²) in [5, 5.41) is 0. The predicted octanol–water partition coefficient (Wildman–Crippen LogP) is 6.09. The monoisotopic (exact) mass is 610 g/mol. The Hall–Kier alpha value is -4.99. The van der Waals surface area contributed by atoms with Crippen LogP contribution in [0.25, 0.3) is 0 Å². The third-order valence-corrected chi connectivity index (χ3v) is 5.01. The van der Waals surface area contributed by atoms with Gasteiger partial charge in [0.1, 0.15) is 0 Å². The molecule has 0 fully saturated rings. The first-order chi connectivity index (χ1) is 21.2. The van der Waals surface area contributed by atoms with E-state index in [0.717, 1.165) is 33.5 Å². The molecule has 0 saturated carbocycles. The summed E-state index contributed by atoms with van der Waals surface area (Å²) < 4.78 is 22.7. The molecule has 0 radical (unpaired) electrons. The van der Waals surface area contributed by atoms with E-state index >= 15 is 0 Å².